The molecule has 0 bridgehead atoms. The van der Waals surface area contributed by atoms with E-state index in [-0.39, 0.29) is 11.8 Å². The van der Waals surface area contributed by atoms with Gasteiger partial charge in [-0.1, -0.05) is 13.0 Å². The van der Waals surface area contributed by atoms with Crippen molar-refractivity contribution < 1.29 is 8.42 Å². The number of aryl methyl sites for hydroxylation is 2. The second kappa shape index (κ2) is 7.19. The molecule has 1 aromatic rings. The predicted octanol–water partition coefficient (Wildman–Crippen LogP) is 1.61. The first-order valence-corrected chi connectivity index (χ1v) is 10.4. The minimum Gasteiger partial charge on any atom is -0.356 e. The van der Waals surface area contributed by atoms with Crippen LogP contribution >= 0.6 is 0 Å². The van der Waals surface area contributed by atoms with Gasteiger partial charge in [-0.3, -0.25) is 0 Å². The van der Waals surface area contributed by atoms with Gasteiger partial charge in [0.15, 0.2) is 9.84 Å². The Labute approximate surface area is 144 Å². The molecular formula is C17H26N4O2S. The van der Waals surface area contributed by atoms with E-state index >= 15 is 0 Å². The largest absolute Gasteiger partial charge is 0.356 e. The number of rotatable bonds is 5. The van der Waals surface area contributed by atoms with Crippen molar-refractivity contribution in [1.29, 1.82) is 0 Å². The number of nitrogens with zero attached hydrogens (tertiary/aromatic N) is 3. The van der Waals surface area contributed by atoms with Gasteiger partial charge in [0.25, 0.3) is 0 Å². The van der Waals surface area contributed by atoms with E-state index in [2.05, 4.69) is 28.2 Å². The van der Waals surface area contributed by atoms with E-state index in [1.165, 1.54) is 5.41 Å². The molecular weight excluding hydrogens is 324 g/mol. The van der Waals surface area contributed by atoms with Crippen LogP contribution in [0.3, 0.4) is 0 Å². The lowest BCUT2D eigenvalue weighted by molar-refractivity contribution is 0.400. The molecule has 0 amide bonds. The van der Waals surface area contributed by atoms with Gasteiger partial charge >= 0.3 is 0 Å². The van der Waals surface area contributed by atoms with E-state index in [4.69, 9.17) is 4.98 Å². The third-order valence-corrected chi connectivity index (χ3v) is 5.95. The number of sulfone groups is 1. The van der Waals surface area contributed by atoms with Gasteiger partial charge in [-0.25, -0.2) is 18.4 Å². The van der Waals surface area contributed by atoms with E-state index in [1.54, 1.807) is 6.08 Å². The molecule has 0 aliphatic carbocycles. The minimum absolute atomic E-state index is 0.0380. The summed E-state index contributed by atoms with van der Waals surface area (Å²) in [6.07, 6.45) is 5.72. The summed E-state index contributed by atoms with van der Waals surface area (Å²) in [7, 11) is -2.99. The summed E-state index contributed by atoms with van der Waals surface area (Å²) in [5.41, 5.74) is 1.02. The Morgan fingerprint density at radius 3 is 2.67 bits per heavy atom. The van der Waals surface area contributed by atoms with Gasteiger partial charge in [0.05, 0.1) is 5.75 Å². The minimum atomic E-state index is -2.99. The quantitative estimate of drug-likeness (QED) is 0.869. The van der Waals surface area contributed by atoms with Crippen molar-refractivity contribution in [2.45, 2.75) is 51.6 Å². The van der Waals surface area contributed by atoms with Gasteiger partial charge in [0, 0.05) is 48.8 Å². The van der Waals surface area contributed by atoms with Crippen LogP contribution in [0.25, 0.3) is 0 Å². The Balaban J connectivity index is 1.56. The SMILES string of the molecule is CCCc1nc(C)cc(N2CCC(NC3C=CS(=O)(=O)C3)CC2)n1. The smallest absolute Gasteiger partial charge is 0.173 e. The first kappa shape index (κ1) is 17.4. The lowest BCUT2D eigenvalue weighted by Gasteiger charge is -2.34. The standard InChI is InChI=1S/C17H26N4O2S/c1-3-4-16-18-13(2)11-17(20-16)21-8-5-14(6-9-21)19-15-7-10-24(22,23)12-15/h7,10-11,14-15,19H,3-6,8-9,12H2,1-2H3. The Morgan fingerprint density at radius 2 is 2.04 bits per heavy atom. The number of hydrogen-bond donors (Lipinski definition) is 1. The maximum Gasteiger partial charge on any atom is 0.173 e. The zero-order valence-corrected chi connectivity index (χ0v) is 15.2. The van der Waals surface area contributed by atoms with Gasteiger partial charge < -0.3 is 10.2 Å². The summed E-state index contributed by atoms with van der Waals surface area (Å²) in [5.74, 6) is 2.14. The van der Waals surface area contributed by atoms with Crippen molar-refractivity contribution in [3.8, 4) is 0 Å². The second-order valence-corrected chi connectivity index (χ2v) is 8.66. The third kappa shape index (κ3) is 4.33. The summed E-state index contributed by atoms with van der Waals surface area (Å²) in [4.78, 5) is 11.5. The van der Waals surface area contributed by atoms with Crippen molar-refractivity contribution in [2.75, 3.05) is 23.7 Å². The molecule has 2 aliphatic heterocycles. The number of anilines is 1. The van der Waals surface area contributed by atoms with E-state index in [9.17, 15) is 8.42 Å². The summed E-state index contributed by atoms with van der Waals surface area (Å²) < 4.78 is 23.0. The maximum absolute atomic E-state index is 11.5. The third-order valence-electron chi connectivity index (χ3n) is 4.56. The predicted molar refractivity (Wildman–Crippen MR) is 95.8 cm³/mol. The van der Waals surface area contributed by atoms with Crippen molar-refractivity contribution in [3.63, 3.8) is 0 Å². The summed E-state index contributed by atoms with van der Waals surface area (Å²) in [6.45, 7) is 6.03. The van der Waals surface area contributed by atoms with E-state index in [0.29, 0.717) is 6.04 Å². The van der Waals surface area contributed by atoms with Crippen LogP contribution in [0, 0.1) is 6.92 Å². The van der Waals surface area contributed by atoms with Gasteiger partial charge in [0.2, 0.25) is 0 Å². The number of hydrogen-bond acceptors (Lipinski definition) is 6. The fraction of sp³-hybridized carbons (Fsp3) is 0.647. The van der Waals surface area contributed by atoms with Crippen LogP contribution in [0.15, 0.2) is 17.6 Å². The summed E-state index contributed by atoms with van der Waals surface area (Å²) in [5, 5.41) is 4.80. The zero-order chi connectivity index (χ0) is 17.2. The molecule has 1 atom stereocenters. The molecule has 1 fully saturated rings. The van der Waals surface area contributed by atoms with Crippen LogP contribution in [-0.4, -0.2) is 49.3 Å². The van der Waals surface area contributed by atoms with Crippen molar-refractivity contribution in [3.05, 3.63) is 29.1 Å². The van der Waals surface area contributed by atoms with Gasteiger partial charge in [-0.15, -0.1) is 0 Å². The van der Waals surface area contributed by atoms with Crippen LogP contribution in [-0.2, 0) is 16.3 Å². The van der Waals surface area contributed by atoms with Crippen LogP contribution in [0.1, 0.15) is 37.7 Å². The Kier molecular flexibility index (Phi) is 5.20. The molecule has 0 aromatic carbocycles. The first-order valence-electron chi connectivity index (χ1n) is 8.71. The van der Waals surface area contributed by atoms with E-state index in [0.717, 1.165) is 56.1 Å². The Bertz CT molecular complexity index is 709. The lowest BCUT2D eigenvalue weighted by atomic mass is 10.0. The van der Waals surface area contributed by atoms with Crippen molar-refractivity contribution in [1.82, 2.24) is 15.3 Å². The molecule has 3 rings (SSSR count). The van der Waals surface area contributed by atoms with Gasteiger partial charge in [-0.2, -0.15) is 0 Å². The van der Waals surface area contributed by atoms with Crippen LogP contribution in [0.2, 0.25) is 0 Å². The normalized spacial score (nSPS) is 23.8. The molecule has 0 spiro atoms. The average molecular weight is 350 g/mol. The molecule has 0 saturated carbocycles. The molecule has 0 radical (unpaired) electrons. The monoisotopic (exact) mass is 350 g/mol. The highest BCUT2D eigenvalue weighted by molar-refractivity contribution is 7.94. The van der Waals surface area contributed by atoms with Crippen LogP contribution < -0.4 is 10.2 Å². The molecule has 3 heterocycles. The second-order valence-electron chi connectivity index (χ2n) is 6.73. The van der Waals surface area contributed by atoms with Gasteiger partial charge in [-0.05, 0) is 26.2 Å². The molecule has 132 valence electrons. The summed E-state index contributed by atoms with van der Waals surface area (Å²) in [6, 6.07) is 2.38. The topological polar surface area (TPSA) is 75.2 Å². The number of aromatic nitrogens is 2. The van der Waals surface area contributed by atoms with Crippen molar-refractivity contribution in [2.24, 2.45) is 0 Å². The van der Waals surface area contributed by atoms with E-state index in [1.807, 2.05) is 6.92 Å². The first-order chi connectivity index (χ1) is 11.4. The fourth-order valence-corrected chi connectivity index (χ4v) is 4.62. The molecule has 6 nitrogen and oxygen atoms in total. The Hall–Kier alpha value is -1.47. The fourth-order valence-electron chi connectivity index (χ4n) is 3.37. The number of piperidine rings is 1. The molecule has 1 unspecified atom stereocenters. The highest BCUT2D eigenvalue weighted by atomic mass is 32.2. The van der Waals surface area contributed by atoms with Crippen molar-refractivity contribution >= 4 is 15.7 Å². The van der Waals surface area contributed by atoms with Crippen LogP contribution in [0.4, 0.5) is 5.82 Å². The Morgan fingerprint density at radius 1 is 1.29 bits per heavy atom. The van der Waals surface area contributed by atoms with E-state index < -0.39 is 9.84 Å². The lowest BCUT2D eigenvalue weighted by Crippen LogP contribution is -2.46. The maximum atomic E-state index is 11.5. The molecule has 1 N–H and O–H groups in total. The van der Waals surface area contributed by atoms with Crippen LogP contribution in [0.5, 0.6) is 0 Å². The highest BCUT2D eigenvalue weighted by Gasteiger charge is 2.26. The molecule has 1 aromatic heterocycles. The average Bonchev–Trinajstić information content (AvgIpc) is 2.86. The molecule has 24 heavy (non-hydrogen) atoms. The highest BCUT2D eigenvalue weighted by Crippen LogP contribution is 2.20. The van der Waals surface area contributed by atoms with Gasteiger partial charge in [0.1, 0.15) is 11.6 Å². The number of nitrogens with one attached hydrogen (secondary N) is 1. The summed E-state index contributed by atoms with van der Waals surface area (Å²) >= 11 is 0. The zero-order valence-electron chi connectivity index (χ0n) is 14.4. The molecule has 1 saturated heterocycles. The molecule has 7 heteroatoms. The molecule has 2 aliphatic rings.